The molecule has 0 bridgehead atoms. The zero-order valence-corrected chi connectivity index (χ0v) is 15.4. The van der Waals surface area contributed by atoms with Crippen LogP contribution in [0.1, 0.15) is 18.5 Å². The molecule has 0 saturated heterocycles. The lowest BCUT2D eigenvalue weighted by Gasteiger charge is -2.18. The molecule has 0 radical (unpaired) electrons. The molecule has 140 valence electrons. The lowest BCUT2D eigenvalue weighted by atomic mass is 9.98. The van der Waals surface area contributed by atoms with Crippen LogP contribution in [0.25, 0.3) is 22.2 Å². The van der Waals surface area contributed by atoms with E-state index in [-0.39, 0.29) is 10.6 Å². The number of benzene rings is 2. The van der Waals surface area contributed by atoms with Gasteiger partial charge in [-0.2, -0.15) is 0 Å². The molecule has 0 saturated carbocycles. The molecule has 3 aromatic rings. The number of rotatable bonds is 4. The van der Waals surface area contributed by atoms with E-state index in [0.717, 1.165) is 6.26 Å². The molecule has 6 nitrogen and oxygen atoms in total. The Labute approximate surface area is 155 Å². The van der Waals surface area contributed by atoms with E-state index in [2.05, 4.69) is 10.3 Å². The van der Waals surface area contributed by atoms with Gasteiger partial charge in [-0.15, -0.1) is 0 Å². The van der Waals surface area contributed by atoms with Crippen molar-refractivity contribution < 1.29 is 22.7 Å². The standard InChI is InChI=1S/C19H17FN2O4S/c1-11(21-19(23)24)15-9-12-7-8-13(20)10-16(12)22-18(15)14-5-3-4-6-17(14)27(2,25)26/h3-11,21H,1-2H3,(H,23,24)/t11-/m0/s1. The van der Waals surface area contributed by atoms with Crippen molar-refractivity contribution in [2.24, 2.45) is 0 Å². The highest BCUT2D eigenvalue weighted by molar-refractivity contribution is 7.90. The van der Waals surface area contributed by atoms with Crippen molar-refractivity contribution in [1.82, 2.24) is 10.3 Å². The lowest BCUT2D eigenvalue weighted by Crippen LogP contribution is -2.25. The van der Waals surface area contributed by atoms with Crippen LogP contribution >= 0.6 is 0 Å². The fourth-order valence-corrected chi connectivity index (χ4v) is 3.84. The molecule has 2 aromatic carbocycles. The van der Waals surface area contributed by atoms with Gasteiger partial charge in [0, 0.05) is 28.8 Å². The summed E-state index contributed by atoms with van der Waals surface area (Å²) >= 11 is 0. The van der Waals surface area contributed by atoms with E-state index in [1.54, 1.807) is 37.3 Å². The van der Waals surface area contributed by atoms with Gasteiger partial charge in [-0.3, -0.25) is 0 Å². The number of carboxylic acid groups (broad SMARTS) is 1. The normalized spacial score (nSPS) is 12.7. The Bertz CT molecular complexity index is 1150. The molecule has 3 rings (SSSR count). The Hall–Kier alpha value is -3.00. The second-order valence-corrected chi connectivity index (χ2v) is 8.19. The molecule has 0 fully saturated rings. The van der Waals surface area contributed by atoms with Crippen molar-refractivity contribution in [2.75, 3.05) is 6.26 Å². The number of hydrogen-bond acceptors (Lipinski definition) is 4. The van der Waals surface area contributed by atoms with Crippen LogP contribution in [0.4, 0.5) is 9.18 Å². The highest BCUT2D eigenvalue weighted by atomic mass is 32.2. The summed E-state index contributed by atoms with van der Waals surface area (Å²) in [6, 6.07) is 11.4. The van der Waals surface area contributed by atoms with Gasteiger partial charge in [0.2, 0.25) is 0 Å². The molecule has 8 heteroatoms. The third-order valence-corrected chi connectivity index (χ3v) is 5.31. The SMILES string of the molecule is C[C@H](NC(=O)O)c1cc2ccc(F)cc2nc1-c1ccccc1S(C)(=O)=O. The first-order valence-electron chi connectivity index (χ1n) is 8.06. The highest BCUT2D eigenvalue weighted by Crippen LogP contribution is 2.34. The van der Waals surface area contributed by atoms with Crippen molar-refractivity contribution in [1.29, 1.82) is 0 Å². The average Bonchev–Trinajstić information content (AvgIpc) is 2.59. The summed E-state index contributed by atoms with van der Waals surface area (Å²) in [4.78, 5) is 15.6. The average molecular weight is 388 g/mol. The zero-order chi connectivity index (χ0) is 19.8. The van der Waals surface area contributed by atoms with E-state index in [0.29, 0.717) is 22.0 Å². The second-order valence-electron chi connectivity index (χ2n) is 6.20. The number of pyridine rings is 1. The van der Waals surface area contributed by atoms with Crippen molar-refractivity contribution in [3.05, 3.63) is 59.9 Å². The van der Waals surface area contributed by atoms with Gasteiger partial charge in [0.1, 0.15) is 5.82 Å². The minimum absolute atomic E-state index is 0.0667. The van der Waals surface area contributed by atoms with E-state index in [4.69, 9.17) is 5.11 Å². The molecule has 1 atom stereocenters. The van der Waals surface area contributed by atoms with Gasteiger partial charge in [-0.05, 0) is 31.2 Å². The Morgan fingerprint density at radius 2 is 1.89 bits per heavy atom. The molecule has 0 aliphatic carbocycles. The number of amides is 1. The number of carbonyl (C=O) groups is 1. The second kappa shape index (κ2) is 6.96. The van der Waals surface area contributed by atoms with Crippen molar-refractivity contribution >= 4 is 26.8 Å². The number of sulfone groups is 1. The summed E-state index contributed by atoms with van der Waals surface area (Å²) in [7, 11) is -3.56. The molecule has 27 heavy (non-hydrogen) atoms. The molecule has 1 aromatic heterocycles. The molecule has 1 heterocycles. The van der Waals surface area contributed by atoms with Crippen molar-refractivity contribution in [3.8, 4) is 11.3 Å². The van der Waals surface area contributed by atoms with Crippen LogP contribution in [0.15, 0.2) is 53.4 Å². The van der Waals surface area contributed by atoms with E-state index in [9.17, 15) is 17.6 Å². The predicted molar refractivity (Wildman–Crippen MR) is 99.8 cm³/mol. The molecule has 0 aliphatic rings. The maximum Gasteiger partial charge on any atom is 0.405 e. The molecule has 0 unspecified atom stereocenters. The molecular formula is C19H17FN2O4S. The summed E-state index contributed by atoms with van der Waals surface area (Å²) in [5.74, 6) is -0.471. The molecule has 2 N–H and O–H groups in total. The van der Waals surface area contributed by atoms with Gasteiger partial charge in [-0.25, -0.2) is 22.6 Å². The molecular weight excluding hydrogens is 371 g/mol. The summed E-state index contributed by atoms with van der Waals surface area (Å²) in [5, 5.41) is 12.0. The molecule has 0 aliphatic heterocycles. The Kier molecular flexibility index (Phi) is 4.84. The summed E-state index contributed by atoms with van der Waals surface area (Å²) in [6.07, 6.45) is -0.130. The first-order valence-corrected chi connectivity index (χ1v) is 9.95. The topological polar surface area (TPSA) is 96.4 Å². The number of aromatic nitrogens is 1. The van der Waals surface area contributed by atoms with E-state index in [1.807, 2.05) is 0 Å². The van der Waals surface area contributed by atoms with Gasteiger partial charge in [0.15, 0.2) is 9.84 Å². The van der Waals surface area contributed by atoms with Crippen LogP contribution in [-0.4, -0.2) is 30.9 Å². The molecule has 1 amide bonds. The maximum atomic E-state index is 13.6. The third-order valence-electron chi connectivity index (χ3n) is 4.16. The van der Waals surface area contributed by atoms with Crippen LogP contribution in [0.3, 0.4) is 0 Å². The number of nitrogens with one attached hydrogen (secondary N) is 1. The van der Waals surface area contributed by atoms with Crippen LogP contribution < -0.4 is 5.32 Å². The zero-order valence-electron chi connectivity index (χ0n) is 14.6. The third kappa shape index (κ3) is 3.90. The highest BCUT2D eigenvalue weighted by Gasteiger charge is 2.21. The summed E-state index contributed by atoms with van der Waals surface area (Å²) < 4.78 is 38.1. The Morgan fingerprint density at radius 1 is 1.19 bits per heavy atom. The van der Waals surface area contributed by atoms with E-state index < -0.39 is 27.8 Å². The van der Waals surface area contributed by atoms with Crippen LogP contribution in [0.5, 0.6) is 0 Å². The minimum Gasteiger partial charge on any atom is -0.465 e. The Balaban J connectivity index is 2.35. The monoisotopic (exact) mass is 388 g/mol. The van der Waals surface area contributed by atoms with Gasteiger partial charge in [0.05, 0.1) is 22.1 Å². The summed E-state index contributed by atoms with van der Waals surface area (Å²) in [6.45, 7) is 1.63. The molecule has 0 spiro atoms. The van der Waals surface area contributed by atoms with Crippen LogP contribution in [0.2, 0.25) is 0 Å². The van der Waals surface area contributed by atoms with Crippen molar-refractivity contribution in [2.45, 2.75) is 17.9 Å². The van der Waals surface area contributed by atoms with Gasteiger partial charge < -0.3 is 10.4 Å². The minimum atomic E-state index is -3.56. The van der Waals surface area contributed by atoms with Crippen molar-refractivity contribution in [3.63, 3.8) is 0 Å². The smallest absolute Gasteiger partial charge is 0.405 e. The first kappa shape index (κ1) is 18.8. The van der Waals surface area contributed by atoms with Gasteiger partial charge in [0.25, 0.3) is 0 Å². The number of fused-ring (bicyclic) bond motifs is 1. The first-order chi connectivity index (χ1) is 12.7. The maximum absolute atomic E-state index is 13.6. The number of halogens is 1. The van der Waals surface area contributed by atoms with Crippen LogP contribution in [0, 0.1) is 5.82 Å². The number of hydrogen-bond donors (Lipinski definition) is 2. The lowest BCUT2D eigenvalue weighted by molar-refractivity contribution is 0.191. The largest absolute Gasteiger partial charge is 0.465 e. The van der Waals surface area contributed by atoms with Gasteiger partial charge >= 0.3 is 6.09 Å². The quantitative estimate of drug-likeness (QED) is 0.709. The summed E-state index contributed by atoms with van der Waals surface area (Å²) in [5.41, 5.74) is 1.46. The fourth-order valence-electron chi connectivity index (χ4n) is 2.95. The van der Waals surface area contributed by atoms with Crippen LogP contribution in [-0.2, 0) is 9.84 Å². The van der Waals surface area contributed by atoms with E-state index in [1.165, 1.54) is 18.2 Å². The fraction of sp³-hybridized carbons (Fsp3) is 0.158. The Morgan fingerprint density at radius 3 is 2.56 bits per heavy atom. The number of nitrogens with zero attached hydrogens (tertiary/aromatic N) is 1. The van der Waals surface area contributed by atoms with E-state index >= 15 is 0 Å². The predicted octanol–water partition coefficient (Wildman–Crippen LogP) is 3.77. The van der Waals surface area contributed by atoms with Gasteiger partial charge in [-0.1, -0.05) is 18.2 Å².